The molecule has 1 fully saturated rings. The number of rotatable bonds is 5. The minimum atomic E-state index is -3.62. The summed E-state index contributed by atoms with van der Waals surface area (Å²) in [5.74, 6) is 0.650. The highest BCUT2D eigenvalue weighted by Gasteiger charge is 2.34. The smallest absolute Gasteiger partial charge is 0.243 e. The standard InChI is InChI=1S/C16H18ClN3O4S/c1-11-3-4-12(17)7-14(11)25(21,22)20-6-5-13(10-20)24-16-9-18-8-15(19-16)23-2/h3-4,7-9,13H,5-6,10H2,1-2H3. The lowest BCUT2D eigenvalue weighted by molar-refractivity contribution is 0.203. The van der Waals surface area contributed by atoms with E-state index in [1.54, 1.807) is 19.1 Å². The number of methoxy groups -OCH3 is 1. The maximum Gasteiger partial charge on any atom is 0.243 e. The Kier molecular flexibility index (Phi) is 5.12. The van der Waals surface area contributed by atoms with Crippen molar-refractivity contribution in [2.75, 3.05) is 20.2 Å². The first kappa shape index (κ1) is 17.9. The van der Waals surface area contributed by atoms with E-state index in [9.17, 15) is 8.42 Å². The monoisotopic (exact) mass is 383 g/mol. The summed E-state index contributed by atoms with van der Waals surface area (Å²) >= 11 is 5.96. The highest BCUT2D eigenvalue weighted by atomic mass is 35.5. The average molecular weight is 384 g/mol. The Labute approximate surface area is 151 Å². The summed E-state index contributed by atoms with van der Waals surface area (Å²) in [5.41, 5.74) is 0.660. The fourth-order valence-corrected chi connectivity index (χ4v) is 4.63. The van der Waals surface area contributed by atoms with Gasteiger partial charge < -0.3 is 9.47 Å². The molecule has 134 valence electrons. The van der Waals surface area contributed by atoms with Gasteiger partial charge in [-0.25, -0.2) is 8.42 Å². The second-order valence-corrected chi connectivity index (χ2v) is 8.04. The van der Waals surface area contributed by atoms with Gasteiger partial charge >= 0.3 is 0 Å². The molecule has 1 aliphatic heterocycles. The normalized spacial score (nSPS) is 18.3. The molecule has 1 saturated heterocycles. The van der Waals surface area contributed by atoms with Gasteiger partial charge in [-0.1, -0.05) is 17.7 Å². The van der Waals surface area contributed by atoms with E-state index < -0.39 is 10.0 Å². The average Bonchev–Trinajstić information content (AvgIpc) is 3.06. The lowest BCUT2D eigenvalue weighted by Crippen LogP contribution is -2.31. The molecule has 0 radical (unpaired) electrons. The second-order valence-electron chi connectivity index (χ2n) is 5.70. The Hall–Kier alpha value is -1.90. The van der Waals surface area contributed by atoms with Crippen LogP contribution in [0.5, 0.6) is 11.8 Å². The number of halogens is 1. The number of benzene rings is 1. The molecule has 0 amide bonds. The van der Waals surface area contributed by atoms with Gasteiger partial charge in [0.25, 0.3) is 0 Å². The Balaban J connectivity index is 1.74. The molecule has 9 heteroatoms. The third kappa shape index (κ3) is 3.86. The summed E-state index contributed by atoms with van der Waals surface area (Å²) in [7, 11) is -2.13. The van der Waals surface area contributed by atoms with Crippen molar-refractivity contribution >= 4 is 21.6 Å². The summed E-state index contributed by atoms with van der Waals surface area (Å²) < 4.78 is 37.9. The first-order valence-electron chi connectivity index (χ1n) is 7.69. The van der Waals surface area contributed by atoms with Crippen LogP contribution in [-0.2, 0) is 10.0 Å². The highest BCUT2D eigenvalue weighted by Crippen LogP contribution is 2.27. The van der Waals surface area contributed by atoms with Gasteiger partial charge in [0.05, 0.1) is 30.9 Å². The first-order valence-corrected chi connectivity index (χ1v) is 9.51. The number of hydrogen-bond acceptors (Lipinski definition) is 6. The molecule has 0 N–H and O–H groups in total. The maximum atomic E-state index is 12.9. The summed E-state index contributed by atoms with van der Waals surface area (Å²) in [6.07, 6.45) is 3.22. The molecule has 1 atom stereocenters. The predicted octanol–water partition coefficient (Wildman–Crippen LogP) is 2.29. The molecular formula is C16H18ClN3O4S. The molecule has 0 spiro atoms. The van der Waals surface area contributed by atoms with Crippen molar-refractivity contribution in [3.05, 3.63) is 41.2 Å². The summed E-state index contributed by atoms with van der Waals surface area (Å²) in [6, 6.07) is 4.85. The van der Waals surface area contributed by atoms with Crippen LogP contribution >= 0.6 is 11.6 Å². The molecule has 1 aromatic carbocycles. The molecule has 0 aliphatic carbocycles. The van der Waals surface area contributed by atoms with Crippen molar-refractivity contribution < 1.29 is 17.9 Å². The topological polar surface area (TPSA) is 81.6 Å². The van der Waals surface area contributed by atoms with Crippen LogP contribution in [0.4, 0.5) is 0 Å². The zero-order valence-corrected chi connectivity index (χ0v) is 15.4. The molecule has 1 aromatic heterocycles. The lowest BCUT2D eigenvalue weighted by atomic mass is 10.2. The number of nitrogens with zero attached hydrogens (tertiary/aromatic N) is 3. The third-order valence-electron chi connectivity index (χ3n) is 3.96. The van der Waals surface area contributed by atoms with E-state index in [4.69, 9.17) is 21.1 Å². The number of sulfonamides is 1. The van der Waals surface area contributed by atoms with Crippen LogP contribution in [-0.4, -0.2) is 49.0 Å². The van der Waals surface area contributed by atoms with Crippen LogP contribution in [0.1, 0.15) is 12.0 Å². The summed E-state index contributed by atoms with van der Waals surface area (Å²) in [6.45, 7) is 2.36. The predicted molar refractivity (Wildman–Crippen MR) is 92.6 cm³/mol. The van der Waals surface area contributed by atoms with E-state index in [-0.39, 0.29) is 17.5 Å². The molecule has 1 aliphatic rings. The molecule has 2 aromatic rings. The molecule has 7 nitrogen and oxygen atoms in total. The zero-order valence-electron chi connectivity index (χ0n) is 13.8. The molecule has 2 heterocycles. The highest BCUT2D eigenvalue weighted by molar-refractivity contribution is 7.89. The Morgan fingerprint density at radius 1 is 1.28 bits per heavy atom. The molecule has 0 saturated carbocycles. The van der Waals surface area contributed by atoms with Crippen LogP contribution in [0.3, 0.4) is 0 Å². The summed E-state index contributed by atoms with van der Waals surface area (Å²) in [5, 5.41) is 0.392. The van der Waals surface area contributed by atoms with Crippen molar-refractivity contribution in [2.45, 2.75) is 24.3 Å². The van der Waals surface area contributed by atoms with Gasteiger partial charge in [0, 0.05) is 11.6 Å². The largest absolute Gasteiger partial charge is 0.480 e. The molecule has 25 heavy (non-hydrogen) atoms. The first-order chi connectivity index (χ1) is 11.9. The lowest BCUT2D eigenvalue weighted by Gasteiger charge is -2.18. The van der Waals surface area contributed by atoms with Crippen LogP contribution in [0, 0.1) is 6.92 Å². The summed E-state index contributed by atoms with van der Waals surface area (Å²) in [4.78, 5) is 8.33. The van der Waals surface area contributed by atoms with Crippen molar-refractivity contribution in [2.24, 2.45) is 0 Å². The van der Waals surface area contributed by atoms with E-state index in [0.717, 1.165) is 0 Å². The van der Waals surface area contributed by atoms with Gasteiger partial charge in [0.1, 0.15) is 6.10 Å². The maximum absolute atomic E-state index is 12.9. The van der Waals surface area contributed by atoms with Gasteiger partial charge in [-0.2, -0.15) is 9.29 Å². The Morgan fingerprint density at radius 3 is 2.80 bits per heavy atom. The molecular weight excluding hydrogens is 366 g/mol. The van der Waals surface area contributed by atoms with Gasteiger partial charge in [-0.3, -0.25) is 4.98 Å². The van der Waals surface area contributed by atoms with Gasteiger partial charge in [-0.05, 0) is 31.0 Å². The van der Waals surface area contributed by atoms with E-state index in [1.165, 1.54) is 29.9 Å². The van der Waals surface area contributed by atoms with Gasteiger partial charge in [0.15, 0.2) is 0 Å². The molecule has 0 bridgehead atoms. The fraction of sp³-hybridized carbons (Fsp3) is 0.375. The van der Waals surface area contributed by atoms with E-state index in [1.807, 2.05) is 0 Å². The minimum Gasteiger partial charge on any atom is -0.480 e. The van der Waals surface area contributed by atoms with Crippen LogP contribution in [0.15, 0.2) is 35.5 Å². The Bertz CT molecular complexity index is 875. The molecule has 3 rings (SSSR count). The number of hydrogen-bond donors (Lipinski definition) is 0. The zero-order chi connectivity index (χ0) is 18.0. The number of aromatic nitrogens is 2. The van der Waals surface area contributed by atoms with Crippen LogP contribution < -0.4 is 9.47 Å². The number of aryl methyl sites for hydroxylation is 1. The van der Waals surface area contributed by atoms with Crippen molar-refractivity contribution in [1.29, 1.82) is 0 Å². The third-order valence-corrected chi connectivity index (χ3v) is 6.20. The van der Waals surface area contributed by atoms with Crippen molar-refractivity contribution in [3.8, 4) is 11.8 Å². The van der Waals surface area contributed by atoms with Gasteiger partial charge in [0.2, 0.25) is 21.8 Å². The SMILES string of the molecule is COc1cncc(OC2CCN(S(=O)(=O)c3cc(Cl)ccc3C)C2)n1. The van der Waals surface area contributed by atoms with E-state index in [2.05, 4.69) is 9.97 Å². The van der Waals surface area contributed by atoms with E-state index in [0.29, 0.717) is 35.3 Å². The van der Waals surface area contributed by atoms with Gasteiger partial charge in [-0.15, -0.1) is 0 Å². The van der Waals surface area contributed by atoms with Crippen LogP contribution in [0.25, 0.3) is 0 Å². The molecule has 1 unspecified atom stereocenters. The van der Waals surface area contributed by atoms with Crippen molar-refractivity contribution in [3.63, 3.8) is 0 Å². The Morgan fingerprint density at radius 2 is 2.04 bits per heavy atom. The van der Waals surface area contributed by atoms with E-state index >= 15 is 0 Å². The minimum absolute atomic E-state index is 0.224. The second kappa shape index (κ2) is 7.15. The quantitative estimate of drug-likeness (QED) is 0.787. The fourth-order valence-electron chi connectivity index (χ4n) is 2.66. The number of ether oxygens (including phenoxy) is 2. The van der Waals surface area contributed by atoms with Crippen LogP contribution in [0.2, 0.25) is 5.02 Å². The van der Waals surface area contributed by atoms with Crippen molar-refractivity contribution in [1.82, 2.24) is 14.3 Å².